The molecule has 1 amide bonds. The number of thiophene rings is 2. The van der Waals surface area contributed by atoms with Crippen molar-refractivity contribution in [3.63, 3.8) is 0 Å². The van der Waals surface area contributed by atoms with E-state index in [0.717, 1.165) is 14.9 Å². The second kappa shape index (κ2) is 8.41. The van der Waals surface area contributed by atoms with Crippen LogP contribution >= 0.6 is 38.6 Å². The molecule has 3 aromatic heterocycles. The number of aryl methyl sites for hydroxylation is 1. The first-order chi connectivity index (χ1) is 14.3. The molecule has 0 unspecified atom stereocenters. The summed E-state index contributed by atoms with van der Waals surface area (Å²) in [5.74, 6) is -0.335. The van der Waals surface area contributed by atoms with Crippen LogP contribution in [0.5, 0.6) is 0 Å². The zero-order valence-electron chi connectivity index (χ0n) is 16.2. The maximum absolute atomic E-state index is 14.0. The number of H-pyrrole nitrogens is 1. The van der Waals surface area contributed by atoms with Gasteiger partial charge in [-0.3, -0.25) is 9.59 Å². The lowest BCUT2D eigenvalue weighted by Crippen LogP contribution is -2.29. The third-order valence-electron chi connectivity index (χ3n) is 4.66. The van der Waals surface area contributed by atoms with Gasteiger partial charge in [-0.15, -0.1) is 22.7 Å². The summed E-state index contributed by atoms with van der Waals surface area (Å²) in [5, 5.41) is 2.47. The van der Waals surface area contributed by atoms with E-state index in [0.29, 0.717) is 21.6 Å². The van der Waals surface area contributed by atoms with Crippen molar-refractivity contribution in [2.75, 3.05) is 7.05 Å². The van der Waals surface area contributed by atoms with Gasteiger partial charge in [0.25, 0.3) is 5.56 Å². The summed E-state index contributed by atoms with van der Waals surface area (Å²) < 4.78 is 14.7. The van der Waals surface area contributed by atoms with Gasteiger partial charge in [0.2, 0.25) is 5.91 Å². The number of nitrogens with zero attached hydrogens (tertiary/aromatic N) is 2. The lowest BCUT2D eigenvalue weighted by molar-refractivity contribution is -0.129. The topological polar surface area (TPSA) is 66.1 Å². The lowest BCUT2D eigenvalue weighted by atomic mass is 10.2. The van der Waals surface area contributed by atoms with E-state index in [1.807, 2.05) is 24.4 Å². The van der Waals surface area contributed by atoms with Crippen LogP contribution in [0, 0.1) is 12.7 Å². The van der Waals surface area contributed by atoms with E-state index in [4.69, 9.17) is 0 Å². The number of amides is 1. The predicted molar refractivity (Wildman–Crippen MR) is 123 cm³/mol. The van der Waals surface area contributed by atoms with Crippen molar-refractivity contribution in [2.45, 2.75) is 19.9 Å². The second-order valence-electron chi connectivity index (χ2n) is 6.91. The molecule has 1 N–H and O–H groups in total. The highest BCUT2D eigenvalue weighted by molar-refractivity contribution is 9.10. The summed E-state index contributed by atoms with van der Waals surface area (Å²) in [7, 11) is 1.60. The number of carbonyl (C=O) groups excluding carboxylic acids is 1. The van der Waals surface area contributed by atoms with Crippen LogP contribution in [0.15, 0.2) is 45.0 Å². The largest absolute Gasteiger partial charge is 0.341 e. The molecule has 0 bridgehead atoms. The van der Waals surface area contributed by atoms with Crippen molar-refractivity contribution in [1.29, 1.82) is 0 Å². The summed E-state index contributed by atoms with van der Waals surface area (Å²) in [4.78, 5) is 36.8. The molecular weight excluding hydrogens is 489 g/mol. The highest BCUT2D eigenvalue weighted by Crippen LogP contribution is 2.35. The molecule has 0 aliphatic rings. The van der Waals surface area contributed by atoms with Crippen LogP contribution in [0.3, 0.4) is 0 Å². The van der Waals surface area contributed by atoms with E-state index in [1.165, 1.54) is 27.2 Å². The Balaban J connectivity index is 1.56. The Bertz CT molecular complexity index is 1310. The summed E-state index contributed by atoms with van der Waals surface area (Å²) in [5.41, 5.74) is 1.01. The zero-order valence-corrected chi connectivity index (χ0v) is 19.4. The van der Waals surface area contributed by atoms with Gasteiger partial charge in [0, 0.05) is 44.3 Å². The van der Waals surface area contributed by atoms with Crippen LogP contribution in [0.1, 0.15) is 16.3 Å². The number of hydrogen-bond acceptors (Lipinski definition) is 5. The van der Waals surface area contributed by atoms with E-state index < -0.39 is 0 Å². The molecule has 0 radical (unpaired) electrons. The number of aromatic nitrogens is 2. The number of likely N-dealkylation sites (N-methyl/N-ethyl adjacent to an activating group) is 1. The minimum Gasteiger partial charge on any atom is -0.341 e. The molecule has 0 spiro atoms. The molecule has 0 fully saturated rings. The molecule has 154 valence electrons. The van der Waals surface area contributed by atoms with Gasteiger partial charge in [-0.2, -0.15) is 0 Å². The molecule has 0 aliphatic carbocycles. The van der Waals surface area contributed by atoms with Gasteiger partial charge >= 0.3 is 0 Å². The maximum Gasteiger partial charge on any atom is 0.260 e. The molecule has 0 saturated carbocycles. The molecular formula is C21H17BrFN3O2S2. The number of carbonyl (C=O) groups is 1. The van der Waals surface area contributed by atoms with Crippen LogP contribution in [0.2, 0.25) is 0 Å². The normalized spacial score (nSPS) is 11.2. The molecule has 30 heavy (non-hydrogen) atoms. The van der Waals surface area contributed by atoms with Crippen molar-refractivity contribution in [1.82, 2.24) is 14.9 Å². The van der Waals surface area contributed by atoms with Gasteiger partial charge in [-0.25, -0.2) is 9.37 Å². The summed E-state index contributed by atoms with van der Waals surface area (Å²) in [6.45, 7) is 2.14. The van der Waals surface area contributed by atoms with Crippen LogP contribution in [0.25, 0.3) is 20.7 Å². The first kappa shape index (κ1) is 20.9. The summed E-state index contributed by atoms with van der Waals surface area (Å²) >= 11 is 6.32. The molecule has 9 heteroatoms. The van der Waals surface area contributed by atoms with Crippen LogP contribution < -0.4 is 5.56 Å². The molecule has 3 heterocycles. The first-order valence-corrected chi connectivity index (χ1v) is 11.6. The molecule has 0 atom stereocenters. The number of hydrogen-bond donors (Lipinski definition) is 1. The Labute approximate surface area is 188 Å². The standard InChI is InChI=1S/C21H17BrFN3O2S2/c1-11-3-6-16(30-11)14-10-29-21-19(14)20(28)24-17(25-21)8-18(27)26(2)9-12-7-13(22)4-5-15(12)23/h3-7,10H,8-9H2,1-2H3,(H,24,25,28). The Morgan fingerprint density at radius 2 is 2.10 bits per heavy atom. The van der Waals surface area contributed by atoms with Crippen LogP contribution in [-0.2, 0) is 17.8 Å². The average Bonchev–Trinajstić information content (AvgIpc) is 3.31. The lowest BCUT2D eigenvalue weighted by Gasteiger charge is -2.17. The number of aromatic amines is 1. The van der Waals surface area contributed by atoms with Crippen molar-refractivity contribution in [3.8, 4) is 10.4 Å². The van der Waals surface area contributed by atoms with Gasteiger partial charge in [0.15, 0.2) is 0 Å². The quantitative estimate of drug-likeness (QED) is 0.409. The van der Waals surface area contributed by atoms with Crippen LogP contribution in [0.4, 0.5) is 4.39 Å². The van der Waals surface area contributed by atoms with Gasteiger partial charge < -0.3 is 9.88 Å². The fourth-order valence-corrected chi connectivity index (χ4v) is 5.46. The first-order valence-electron chi connectivity index (χ1n) is 9.07. The van der Waals surface area contributed by atoms with Crippen molar-refractivity contribution in [2.24, 2.45) is 0 Å². The Kier molecular flexibility index (Phi) is 5.86. The fourth-order valence-electron chi connectivity index (χ4n) is 3.12. The molecule has 5 nitrogen and oxygen atoms in total. The number of halogens is 2. The summed E-state index contributed by atoms with van der Waals surface area (Å²) in [6, 6.07) is 8.62. The third-order valence-corrected chi connectivity index (χ3v) is 7.06. The molecule has 4 rings (SSSR count). The number of nitrogens with one attached hydrogen (secondary N) is 1. The SMILES string of the molecule is Cc1ccc(-c2csc3nc(CC(=O)N(C)Cc4cc(Br)ccc4F)[nH]c(=O)c23)s1. The second-order valence-corrected chi connectivity index (χ2v) is 9.98. The molecule has 4 aromatic rings. The third kappa shape index (κ3) is 4.23. The fraction of sp³-hybridized carbons (Fsp3) is 0.190. The van der Waals surface area contributed by atoms with E-state index in [-0.39, 0.29) is 30.2 Å². The van der Waals surface area contributed by atoms with Gasteiger partial charge in [0.05, 0.1) is 11.8 Å². The Morgan fingerprint density at radius 1 is 1.30 bits per heavy atom. The van der Waals surface area contributed by atoms with E-state index in [1.54, 1.807) is 30.5 Å². The maximum atomic E-state index is 14.0. The Hall–Kier alpha value is -2.36. The predicted octanol–water partition coefficient (Wildman–Crippen LogP) is 5.12. The van der Waals surface area contributed by atoms with E-state index in [9.17, 15) is 14.0 Å². The van der Waals surface area contributed by atoms with Gasteiger partial charge in [0.1, 0.15) is 16.5 Å². The number of rotatable bonds is 5. The Morgan fingerprint density at radius 3 is 2.83 bits per heavy atom. The monoisotopic (exact) mass is 505 g/mol. The highest BCUT2D eigenvalue weighted by atomic mass is 79.9. The molecule has 1 aromatic carbocycles. The average molecular weight is 506 g/mol. The minimum atomic E-state index is -0.374. The van der Waals surface area contributed by atoms with Crippen molar-refractivity contribution >= 4 is 54.7 Å². The van der Waals surface area contributed by atoms with Gasteiger partial charge in [-0.05, 0) is 37.3 Å². The highest BCUT2D eigenvalue weighted by Gasteiger charge is 2.18. The number of fused-ring (bicyclic) bond motifs is 1. The van der Waals surface area contributed by atoms with Crippen molar-refractivity contribution < 1.29 is 9.18 Å². The zero-order chi connectivity index (χ0) is 21.4. The summed E-state index contributed by atoms with van der Waals surface area (Å²) in [6.07, 6.45) is -0.0668. The molecule has 0 saturated heterocycles. The van der Waals surface area contributed by atoms with E-state index in [2.05, 4.69) is 25.9 Å². The smallest absolute Gasteiger partial charge is 0.260 e. The van der Waals surface area contributed by atoms with Gasteiger partial charge in [-0.1, -0.05) is 15.9 Å². The number of benzene rings is 1. The van der Waals surface area contributed by atoms with Crippen LogP contribution in [-0.4, -0.2) is 27.8 Å². The molecule has 0 aliphatic heterocycles. The van der Waals surface area contributed by atoms with E-state index >= 15 is 0 Å². The minimum absolute atomic E-state index is 0.0668. The van der Waals surface area contributed by atoms with Crippen molar-refractivity contribution in [3.05, 3.63) is 72.6 Å².